The molecule has 2 aromatic rings. The van der Waals surface area contributed by atoms with E-state index in [-0.39, 0.29) is 5.56 Å². The van der Waals surface area contributed by atoms with Crippen LogP contribution in [-0.2, 0) is 6.18 Å². The number of nitrogens with two attached hydrogens (primary N) is 1. The van der Waals surface area contributed by atoms with E-state index in [1.807, 2.05) is 0 Å². The van der Waals surface area contributed by atoms with Gasteiger partial charge >= 0.3 is 6.18 Å². The Morgan fingerprint density at radius 2 is 1.89 bits per heavy atom. The number of aromatic nitrogens is 2. The zero-order valence-corrected chi connectivity index (χ0v) is 10.3. The largest absolute Gasteiger partial charge is 0.416 e. The Morgan fingerprint density at radius 1 is 1.16 bits per heavy atom. The lowest BCUT2D eigenvalue weighted by atomic mass is 10.0. The van der Waals surface area contributed by atoms with E-state index in [9.17, 15) is 13.2 Å². The molecule has 1 atom stereocenters. The second-order valence-corrected chi connectivity index (χ2v) is 4.28. The molecule has 2 heterocycles. The predicted molar refractivity (Wildman–Crippen MR) is 64.5 cm³/mol. The summed E-state index contributed by atoms with van der Waals surface area (Å²) in [6.07, 6.45) is -0.971. The molecule has 0 aliphatic rings. The second-order valence-electron chi connectivity index (χ2n) is 3.84. The molecule has 0 bridgehead atoms. The normalized spacial score (nSPS) is 13.3. The first-order valence-corrected chi connectivity index (χ1v) is 5.65. The summed E-state index contributed by atoms with van der Waals surface area (Å²) < 4.78 is 38.6. The van der Waals surface area contributed by atoms with Crippen molar-refractivity contribution in [1.82, 2.24) is 9.97 Å². The fourth-order valence-corrected chi connectivity index (χ4v) is 1.75. The quantitative estimate of drug-likeness (QED) is 0.923. The fourth-order valence-electron chi connectivity index (χ4n) is 1.64. The van der Waals surface area contributed by atoms with Crippen LogP contribution in [0.2, 0.25) is 5.02 Å². The molecular weight excluding hydrogens is 279 g/mol. The summed E-state index contributed by atoms with van der Waals surface area (Å²) in [5, 5.41) is 0.387. The predicted octanol–water partition coefficient (Wildman–Crippen LogP) is 3.20. The third-order valence-electron chi connectivity index (χ3n) is 2.56. The molecule has 0 aliphatic heterocycles. The molecule has 100 valence electrons. The Labute approximate surface area is 112 Å². The van der Waals surface area contributed by atoms with Crippen LogP contribution in [0.3, 0.4) is 0 Å². The minimum atomic E-state index is -4.48. The maximum Gasteiger partial charge on any atom is 0.416 e. The molecule has 0 saturated carbocycles. The number of nitrogens with zero attached hydrogens (tertiary/aromatic N) is 2. The van der Waals surface area contributed by atoms with E-state index in [1.165, 1.54) is 18.3 Å². The van der Waals surface area contributed by atoms with E-state index in [1.54, 1.807) is 0 Å². The molecular formula is C12H9ClF3N3. The molecule has 0 amide bonds. The summed E-state index contributed by atoms with van der Waals surface area (Å²) in [4.78, 5) is 7.61. The number of hydrogen-bond donors (Lipinski definition) is 1. The minimum absolute atomic E-state index is 0.121. The van der Waals surface area contributed by atoms with Crippen LogP contribution in [0, 0.1) is 0 Å². The lowest BCUT2D eigenvalue weighted by Gasteiger charge is -2.17. The van der Waals surface area contributed by atoms with E-state index in [4.69, 9.17) is 17.3 Å². The van der Waals surface area contributed by atoms with Crippen molar-refractivity contribution in [2.75, 3.05) is 0 Å². The number of halogens is 4. The van der Waals surface area contributed by atoms with E-state index in [2.05, 4.69) is 9.97 Å². The van der Waals surface area contributed by atoms with Crippen LogP contribution in [0.25, 0.3) is 0 Å². The van der Waals surface area contributed by atoms with Gasteiger partial charge in [0.15, 0.2) is 0 Å². The monoisotopic (exact) mass is 287 g/mol. The van der Waals surface area contributed by atoms with Crippen molar-refractivity contribution < 1.29 is 13.2 Å². The van der Waals surface area contributed by atoms with Crippen molar-refractivity contribution in [1.29, 1.82) is 0 Å². The molecule has 0 saturated heterocycles. The smallest absolute Gasteiger partial charge is 0.319 e. The van der Waals surface area contributed by atoms with Gasteiger partial charge in [-0.15, -0.1) is 0 Å². The summed E-state index contributed by atoms with van der Waals surface area (Å²) in [5.41, 5.74) is 5.18. The summed E-state index contributed by atoms with van der Waals surface area (Å²) in [6.45, 7) is 0. The number of hydrogen-bond acceptors (Lipinski definition) is 3. The Morgan fingerprint density at radius 3 is 2.47 bits per heavy atom. The van der Waals surface area contributed by atoms with Crippen molar-refractivity contribution in [2.45, 2.75) is 12.2 Å². The zero-order chi connectivity index (χ0) is 14.0. The highest BCUT2D eigenvalue weighted by atomic mass is 35.5. The minimum Gasteiger partial charge on any atom is -0.319 e. The van der Waals surface area contributed by atoms with Crippen molar-refractivity contribution in [3.05, 3.63) is 58.6 Å². The number of alkyl halides is 3. The summed E-state index contributed by atoms with van der Waals surface area (Å²) in [6, 6.07) is 2.89. The maximum absolute atomic E-state index is 12.9. The maximum atomic E-state index is 12.9. The SMILES string of the molecule is NC(c1ccc(Cl)cn1)c1cnccc1C(F)(F)F. The van der Waals surface area contributed by atoms with Gasteiger partial charge in [-0.25, -0.2) is 0 Å². The van der Waals surface area contributed by atoms with Crippen LogP contribution in [0.15, 0.2) is 36.8 Å². The van der Waals surface area contributed by atoms with E-state index in [0.29, 0.717) is 10.7 Å². The molecule has 0 aliphatic carbocycles. The molecule has 0 spiro atoms. The third kappa shape index (κ3) is 3.02. The van der Waals surface area contributed by atoms with Gasteiger partial charge in [-0.05, 0) is 18.2 Å². The molecule has 2 rings (SSSR count). The lowest BCUT2D eigenvalue weighted by molar-refractivity contribution is -0.138. The Balaban J connectivity index is 2.44. The topological polar surface area (TPSA) is 51.8 Å². The first-order valence-electron chi connectivity index (χ1n) is 5.27. The van der Waals surface area contributed by atoms with E-state index < -0.39 is 17.8 Å². The van der Waals surface area contributed by atoms with Crippen molar-refractivity contribution in [3.63, 3.8) is 0 Å². The third-order valence-corrected chi connectivity index (χ3v) is 2.78. The van der Waals surface area contributed by atoms with Gasteiger partial charge < -0.3 is 5.73 Å². The Bertz CT molecular complexity index is 569. The molecule has 0 aromatic carbocycles. The van der Waals surface area contributed by atoms with Gasteiger partial charge in [-0.2, -0.15) is 13.2 Å². The average Bonchev–Trinajstić information content (AvgIpc) is 2.38. The molecule has 1 unspecified atom stereocenters. The highest BCUT2D eigenvalue weighted by Gasteiger charge is 2.35. The zero-order valence-electron chi connectivity index (χ0n) is 9.53. The molecule has 7 heteroatoms. The molecule has 0 fully saturated rings. The highest BCUT2D eigenvalue weighted by molar-refractivity contribution is 6.30. The molecule has 2 N–H and O–H groups in total. The summed E-state index contributed by atoms with van der Waals surface area (Å²) in [7, 11) is 0. The van der Waals surface area contributed by atoms with Gasteiger partial charge in [0.2, 0.25) is 0 Å². The first-order chi connectivity index (χ1) is 8.89. The molecule has 3 nitrogen and oxygen atoms in total. The van der Waals surface area contributed by atoms with Crippen molar-refractivity contribution in [2.24, 2.45) is 5.73 Å². The Kier molecular flexibility index (Phi) is 3.73. The van der Waals surface area contributed by atoms with Crippen molar-refractivity contribution in [3.8, 4) is 0 Å². The van der Waals surface area contributed by atoms with Crippen LogP contribution >= 0.6 is 11.6 Å². The summed E-state index contributed by atoms with van der Waals surface area (Å²) in [5.74, 6) is 0. The van der Waals surface area contributed by atoms with Gasteiger partial charge in [0.1, 0.15) is 0 Å². The lowest BCUT2D eigenvalue weighted by Crippen LogP contribution is -2.19. The van der Waals surface area contributed by atoms with Gasteiger partial charge in [0.25, 0.3) is 0 Å². The van der Waals surface area contributed by atoms with Gasteiger partial charge in [0, 0.05) is 24.2 Å². The Hall–Kier alpha value is -1.66. The van der Waals surface area contributed by atoms with Gasteiger partial charge in [-0.1, -0.05) is 11.6 Å². The molecule has 19 heavy (non-hydrogen) atoms. The van der Waals surface area contributed by atoms with E-state index in [0.717, 1.165) is 18.5 Å². The first kappa shape index (κ1) is 13.8. The highest BCUT2D eigenvalue weighted by Crippen LogP contribution is 2.34. The molecule has 0 radical (unpaired) electrons. The van der Waals surface area contributed by atoms with Gasteiger partial charge in [-0.3, -0.25) is 9.97 Å². The van der Waals surface area contributed by atoms with Crippen LogP contribution in [0.1, 0.15) is 22.9 Å². The van der Waals surface area contributed by atoms with Crippen molar-refractivity contribution >= 4 is 11.6 Å². The summed E-state index contributed by atoms with van der Waals surface area (Å²) >= 11 is 5.67. The number of pyridine rings is 2. The second kappa shape index (κ2) is 5.14. The van der Waals surface area contributed by atoms with Crippen LogP contribution in [0.4, 0.5) is 13.2 Å². The number of rotatable bonds is 2. The van der Waals surface area contributed by atoms with Crippen LogP contribution in [0.5, 0.6) is 0 Å². The van der Waals surface area contributed by atoms with Crippen LogP contribution < -0.4 is 5.73 Å². The fraction of sp³-hybridized carbons (Fsp3) is 0.167. The molecule has 2 aromatic heterocycles. The van der Waals surface area contributed by atoms with E-state index >= 15 is 0 Å². The van der Waals surface area contributed by atoms with Crippen LogP contribution in [-0.4, -0.2) is 9.97 Å². The average molecular weight is 288 g/mol. The van der Waals surface area contributed by atoms with Gasteiger partial charge in [0.05, 0.1) is 22.3 Å². The standard InChI is InChI=1S/C12H9ClF3N3/c13-7-1-2-10(19-5-7)11(17)8-6-18-4-3-9(8)12(14,15)16/h1-6,11H,17H2.